The smallest absolute Gasteiger partial charge is 0.194 e. The topological polar surface area (TPSA) is 20.2 Å². The Morgan fingerprint density at radius 2 is 1.72 bits per heavy atom. The van der Waals surface area contributed by atoms with E-state index in [1.165, 1.54) is 11.3 Å². The summed E-state index contributed by atoms with van der Waals surface area (Å²) in [5.74, 6) is -4.25. The summed E-state index contributed by atoms with van der Waals surface area (Å²) in [4.78, 5) is 0. The summed E-state index contributed by atoms with van der Waals surface area (Å²) < 4.78 is 40.7. The zero-order valence-electron chi connectivity index (χ0n) is 8.55. The molecule has 2 aromatic rings. The molecule has 1 nitrogen and oxygen atoms in total. The molecule has 1 aromatic heterocycles. The van der Waals surface area contributed by atoms with Crippen LogP contribution in [0.4, 0.5) is 13.2 Å². The first kappa shape index (κ1) is 14.0. The van der Waals surface area contributed by atoms with Crippen molar-refractivity contribution in [3.63, 3.8) is 0 Å². The monoisotopic (exact) mass is 400 g/mol. The van der Waals surface area contributed by atoms with Crippen molar-refractivity contribution < 1.29 is 18.3 Å². The van der Waals surface area contributed by atoms with Crippen LogP contribution in [-0.4, -0.2) is 5.11 Å². The molecule has 96 valence electrons. The molecule has 0 bridgehead atoms. The van der Waals surface area contributed by atoms with Crippen molar-refractivity contribution in [3.8, 4) is 0 Å². The second kappa shape index (κ2) is 5.32. The van der Waals surface area contributed by atoms with E-state index in [9.17, 15) is 18.3 Å². The summed E-state index contributed by atoms with van der Waals surface area (Å²) in [5, 5.41) is 10.0. The van der Waals surface area contributed by atoms with Crippen LogP contribution in [0, 0.1) is 17.5 Å². The van der Waals surface area contributed by atoms with Gasteiger partial charge in [0.2, 0.25) is 0 Å². The van der Waals surface area contributed by atoms with Crippen molar-refractivity contribution in [1.82, 2.24) is 0 Å². The summed E-state index contributed by atoms with van der Waals surface area (Å²) in [5.41, 5.74) is 0.0803. The Labute approximate surface area is 122 Å². The van der Waals surface area contributed by atoms with Gasteiger partial charge in [-0.2, -0.15) is 0 Å². The molecule has 0 saturated heterocycles. The third kappa shape index (κ3) is 2.49. The second-order valence-electron chi connectivity index (χ2n) is 3.45. The number of hydrogen-bond acceptors (Lipinski definition) is 2. The first-order valence-corrected chi connectivity index (χ1v) is 7.08. The molecule has 1 unspecified atom stereocenters. The Kier molecular flexibility index (Phi) is 4.15. The third-order valence-corrected chi connectivity index (χ3v) is 4.72. The SMILES string of the molecule is OC(c1cc(Br)sc1Br)c1ccc(F)c(F)c1F. The van der Waals surface area contributed by atoms with E-state index in [2.05, 4.69) is 31.9 Å². The largest absolute Gasteiger partial charge is 0.383 e. The van der Waals surface area contributed by atoms with Gasteiger partial charge in [-0.25, -0.2) is 13.2 Å². The number of benzene rings is 1. The lowest BCUT2D eigenvalue weighted by molar-refractivity contribution is 0.212. The van der Waals surface area contributed by atoms with Crippen LogP contribution in [0.2, 0.25) is 0 Å². The highest BCUT2D eigenvalue weighted by Gasteiger charge is 2.23. The molecule has 0 spiro atoms. The van der Waals surface area contributed by atoms with Gasteiger partial charge >= 0.3 is 0 Å². The first-order valence-electron chi connectivity index (χ1n) is 4.68. The van der Waals surface area contributed by atoms with E-state index < -0.39 is 23.6 Å². The third-order valence-electron chi connectivity index (χ3n) is 2.34. The molecular formula is C11H5Br2F3OS. The predicted octanol–water partition coefficient (Wildman–Crippen LogP) is 4.77. The lowest BCUT2D eigenvalue weighted by Crippen LogP contribution is -2.05. The van der Waals surface area contributed by atoms with Crippen LogP contribution in [0.25, 0.3) is 0 Å². The fraction of sp³-hybridized carbons (Fsp3) is 0.0909. The van der Waals surface area contributed by atoms with E-state index in [1.807, 2.05) is 0 Å². The second-order valence-corrected chi connectivity index (χ2v) is 7.20. The number of hydrogen-bond donors (Lipinski definition) is 1. The number of aliphatic hydroxyl groups is 1. The predicted molar refractivity (Wildman–Crippen MR) is 70.1 cm³/mol. The molecule has 18 heavy (non-hydrogen) atoms. The molecule has 1 aromatic carbocycles. The maximum absolute atomic E-state index is 13.5. The number of rotatable bonds is 2. The molecule has 0 aliphatic heterocycles. The number of aliphatic hydroxyl groups excluding tert-OH is 1. The van der Waals surface area contributed by atoms with Crippen LogP contribution in [0.5, 0.6) is 0 Å². The standard InChI is InChI=1S/C11H5Br2F3OS/c12-7-3-5(11(13)18-7)10(17)4-1-2-6(14)9(16)8(4)15/h1-3,10,17H. The van der Waals surface area contributed by atoms with Crippen molar-refractivity contribution in [2.75, 3.05) is 0 Å². The van der Waals surface area contributed by atoms with Gasteiger partial charge in [0.1, 0.15) is 6.10 Å². The van der Waals surface area contributed by atoms with E-state index in [0.29, 0.717) is 9.35 Å². The maximum atomic E-state index is 13.5. The van der Waals surface area contributed by atoms with E-state index in [-0.39, 0.29) is 5.56 Å². The molecule has 1 heterocycles. The van der Waals surface area contributed by atoms with E-state index in [0.717, 1.165) is 15.9 Å². The summed E-state index contributed by atoms with van der Waals surface area (Å²) in [6.07, 6.45) is -1.36. The van der Waals surface area contributed by atoms with Crippen molar-refractivity contribution in [2.45, 2.75) is 6.10 Å². The van der Waals surface area contributed by atoms with Gasteiger partial charge in [0.25, 0.3) is 0 Å². The van der Waals surface area contributed by atoms with Gasteiger partial charge in [-0.05, 0) is 44.0 Å². The van der Waals surface area contributed by atoms with Crippen LogP contribution >= 0.6 is 43.2 Å². The molecule has 0 aliphatic rings. The highest BCUT2D eigenvalue weighted by atomic mass is 79.9. The van der Waals surface area contributed by atoms with Crippen LogP contribution in [0.3, 0.4) is 0 Å². The van der Waals surface area contributed by atoms with Crippen molar-refractivity contribution in [3.05, 3.63) is 54.4 Å². The zero-order valence-corrected chi connectivity index (χ0v) is 12.5. The molecule has 2 rings (SSSR count). The molecule has 0 saturated carbocycles. The summed E-state index contributed by atoms with van der Waals surface area (Å²) >= 11 is 7.72. The minimum atomic E-state index is -1.59. The van der Waals surface area contributed by atoms with Crippen LogP contribution in [0.15, 0.2) is 25.8 Å². The van der Waals surface area contributed by atoms with Crippen LogP contribution < -0.4 is 0 Å². The summed E-state index contributed by atoms with van der Waals surface area (Å²) in [6.45, 7) is 0. The van der Waals surface area contributed by atoms with E-state index in [4.69, 9.17) is 0 Å². The molecular weight excluding hydrogens is 397 g/mol. The normalized spacial score (nSPS) is 12.8. The average Bonchev–Trinajstić information content (AvgIpc) is 2.65. The van der Waals surface area contributed by atoms with Gasteiger partial charge in [-0.15, -0.1) is 11.3 Å². The molecule has 7 heteroatoms. The number of halogens is 5. The zero-order chi connectivity index (χ0) is 13.4. The van der Waals surface area contributed by atoms with Crippen molar-refractivity contribution in [1.29, 1.82) is 0 Å². The van der Waals surface area contributed by atoms with Gasteiger partial charge < -0.3 is 5.11 Å². The Morgan fingerprint density at radius 1 is 1.06 bits per heavy atom. The minimum absolute atomic E-state index is 0.306. The molecule has 1 N–H and O–H groups in total. The minimum Gasteiger partial charge on any atom is -0.383 e. The van der Waals surface area contributed by atoms with Crippen LogP contribution in [-0.2, 0) is 0 Å². The fourth-order valence-corrected chi connectivity index (χ4v) is 4.34. The average molecular weight is 402 g/mol. The van der Waals surface area contributed by atoms with Crippen LogP contribution in [0.1, 0.15) is 17.2 Å². The van der Waals surface area contributed by atoms with Gasteiger partial charge in [0, 0.05) is 11.1 Å². The van der Waals surface area contributed by atoms with Crippen molar-refractivity contribution >= 4 is 43.2 Å². The highest BCUT2D eigenvalue weighted by molar-refractivity contribution is 9.12. The van der Waals surface area contributed by atoms with Gasteiger partial charge in [-0.1, -0.05) is 6.07 Å². The molecule has 0 aliphatic carbocycles. The van der Waals surface area contributed by atoms with E-state index in [1.54, 1.807) is 6.07 Å². The summed E-state index contributed by atoms with van der Waals surface area (Å²) in [7, 11) is 0. The quantitative estimate of drug-likeness (QED) is 0.718. The molecule has 0 radical (unpaired) electrons. The molecule has 1 atom stereocenters. The van der Waals surface area contributed by atoms with Crippen molar-refractivity contribution in [2.24, 2.45) is 0 Å². The fourth-order valence-electron chi connectivity index (χ4n) is 1.46. The first-order chi connectivity index (χ1) is 8.41. The Bertz CT molecular complexity index is 600. The molecule has 0 amide bonds. The lowest BCUT2D eigenvalue weighted by Gasteiger charge is -2.12. The Hall–Kier alpha value is -0.370. The number of thiophene rings is 1. The maximum Gasteiger partial charge on any atom is 0.194 e. The Balaban J connectivity index is 2.49. The van der Waals surface area contributed by atoms with E-state index >= 15 is 0 Å². The van der Waals surface area contributed by atoms with Gasteiger partial charge in [0.05, 0.1) is 7.57 Å². The van der Waals surface area contributed by atoms with Gasteiger partial charge in [-0.3, -0.25) is 0 Å². The van der Waals surface area contributed by atoms with Gasteiger partial charge in [0.15, 0.2) is 17.5 Å². The Morgan fingerprint density at radius 3 is 2.28 bits per heavy atom. The lowest BCUT2D eigenvalue weighted by atomic mass is 10.0. The highest BCUT2D eigenvalue weighted by Crippen LogP contribution is 2.38. The molecule has 0 fully saturated rings. The summed E-state index contributed by atoms with van der Waals surface area (Å²) in [6, 6.07) is 3.39.